The normalized spacial score (nSPS) is 29.1. The van der Waals surface area contributed by atoms with Crippen LogP contribution in [0.2, 0.25) is 0 Å². The van der Waals surface area contributed by atoms with Crippen LogP contribution in [0.4, 0.5) is 0 Å². The number of ether oxygens (including phenoxy) is 1. The van der Waals surface area contributed by atoms with Crippen LogP contribution in [0.25, 0.3) is 0 Å². The summed E-state index contributed by atoms with van der Waals surface area (Å²) in [4.78, 5) is 13.5. The summed E-state index contributed by atoms with van der Waals surface area (Å²) in [5, 5.41) is 0. The predicted octanol–water partition coefficient (Wildman–Crippen LogP) is 1.32. The number of likely N-dealkylation sites (tertiary alicyclic amines) is 1. The fourth-order valence-corrected chi connectivity index (χ4v) is 1.91. The predicted molar refractivity (Wildman–Crippen MR) is 56.3 cm³/mol. The summed E-state index contributed by atoms with van der Waals surface area (Å²) in [6.45, 7) is 6.68. The van der Waals surface area contributed by atoms with Crippen LogP contribution in [0, 0.1) is 5.92 Å². The highest BCUT2D eigenvalue weighted by Gasteiger charge is 2.26. The molecule has 3 heteroatoms. The molecule has 0 radical (unpaired) electrons. The highest BCUT2D eigenvalue weighted by atomic mass is 16.5. The van der Waals surface area contributed by atoms with Gasteiger partial charge in [0.2, 0.25) is 0 Å². The standard InChI is InChI=1S/C11H21NO2/c1-4-10(13)7-12-6-5-9(2)11(8-12)14-3/h9,11H,4-8H2,1-3H3. The van der Waals surface area contributed by atoms with E-state index in [1.54, 1.807) is 7.11 Å². The van der Waals surface area contributed by atoms with Gasteiger partial charge >= 0.3 is 0 Å². The van der Waals surface area contributed by atoms with Gasteiger partial charge in [-0.1, -0.05) is 13.8 Å². The van der Waals surface area contributed by atoms with Gasteiger partial charge in [0, 0.05) is 20.1 Å². The van der Waals surface area contributed by atoms with Crippen LogP contribution in [0.3, 0.4) is 0 Å². The second-order valence-electron chi connectivity index (χ2n) is 4.17. The lowest BCUT2D eigenvalue weighted by Gasteiger charge is -2.35. The van der Waals surface area contributed by atoms with Crippen molar-refractivity contribution in [3.63, 3.8) is 0 Å². The van der Waals surface area contributed by atoms with E-state index in [0.717, 1.165) is 19.5 Å². The van der Waals surface area contributed by atoms with E-state index < -0.39 is 0 Å². The maximum Gasteiger partial charge on any atom is 0.146 e. The average molecular weight is 199 g/mol. The number of rotatable bonds is 4. The Bertz CT molecular complexity index is 194. The van der Waals surface area contributed by atoms with Gasteiger partial charge in [0.15, 0.2) is 0 Å². The summed E-state index contributed by atoms with van der Waals surface area (Å²) in [6, 6.07) is 0. The monoisotopic (exact) mass is 199 g/mol. The Labute approximate surface area is 86.4 Å². The van der Waals surface area contributed by atoms with Gasteiger partial charge in [0.05, 0.1) is 12.6 Å². The molecular weight excluding hydrogens is 178 g/mol. The third-order valence-corrected chi connectivity index (χ3v) is 3.07. The molecule has 0 aromatic heterocycles. The Balaban J connectivity index is 2.38. The average Bonchev–Trinajstić information content (AvgIpc) is 2.20. The van der Waals surface area contributed by atoms with Crippen molar-refractivity contribution in [2.24, 2.45) is 5.92 Å². The molecule has 1 heterocycles. The van der Waals surface area contributed by atoms with Gasteiger partial charge in [-0.25, -0.2) is 0 Å². The van der Waals surface area contributed by atoms with Crippen molar-refractivity contribution in [3.8, 4) is 0 Å². The molecule has 1 fully saturated rings. The first-order valence-corrected chi connectivity index (χ1v) is 5.44. The van der Waals surface area contributed by atoms with Crippen molar-refractivity contribution < 1.29 is 9.53 Å². The number of carbonyl (C=O) groups is 1. The van der Waals surface area contributed by atoms with E-state index in [1.807, 2.05) is 6.92 Å². The number of nitrogens with zero attached hydrogens (tertiary/aromatic N) is 1. The number of methoxy groups -OCH3 is 1. The Hall–Kier alpha value is -0.410. The largest absolute Gasteiger partial charge is 0.380 e. The molecule has 0 N–H and O–H groups in total. The summed E-state index contributed by atoms with van der Waals surface area (Å²) >= 11 is 0. The van der Waals surface area contributed by atoms with Gasteiger partial charge in [-0.2, -0.15) is 0 Å². The Morgan fingerprint density at radius 2 is 2.29 bits per heavy atom. The van der Waals surface area contributed by atoms with Gasteiger partial charge < -0.3 is 4.74 Å². The van der Waals surface area contributed by atoms with E-state index in [9.17, 15) is 4.79 Å². The number of piperidine rings is 1. The van der Waals surface area contributed by atoms with Crippen molar-refractivity contribution in [1.82, 2.24) is 4.90 Å². The lowest BCUT2D eigenvalue weighted by Crippen LogP contribution is -2.45. The van der Waals surface area contributed by atoms with E-state index in [0.29, 0.717) is 30.8 Å². The summed E-state index contributed by atoms with van der Waals surface area (Å²) in [7, 11) is 1.76. The molecule has 82 valence electrons. The SMILES string of the molecule is CCC(=O)CN1CCC(C)C(OC)C1. The van der Waals surface area contributed by atoms with Gasteiger partial charge in [0.1, 0.15) is 5.78 Å². The van der Waals surface area contributed by atoms with Crippen molar-refractivity contribution in [3.05, 3.63) is 0 Å². The molecule has 14 heavy (non-hydrogen) atoms. The van der Waals surface area contributed by atoms with Crippen LogP contribution in [0.15, 0.2) is 0 Å². The summed E-state index contributed by atoms with van der Waals surface area (Å²) < 4.78 is 5.40. The molecule has 1 aliphatic heterocycles. The summed E-state index contributed by atoms with van der Waals surface area (Å²) in [6.07, 6.45) is 2.08. The topological polar surface area (TPSA) is 29.5 Å². The molecule has 1 aliphatic rings. The lowest BCUT2D eigenvalue weighted by atomic mass is 9.95. The van der Waals surface area contributed by atoms with Crippen LogP contribution >= 0.6 is 0 Å². The van der Waals surface area contributed by atoms with Crippen molar-refractivity contribution in [1.29, 1.82) is 0 Å². The van der Waals surface area contributed by atoms with Gasteiger partial charge in [0.25, 0.3) is 0 Å². The van der Waals surface area contributed by atoms with E-state index in [2.05, 4.69) is 11.8 Å². The van der Waals surface area contributed by atoms with Crippen molar-refractivity contribution in [2.75, 3.05) is 26.7 Å². The maximum absolute atomic E-state index is 11.3. The van der Waals surface area contributed by atoms with Crippen LogP contribution in [0.1, 0.15) is 26.7 Å². The second kappa shape index (κ2) is 5.47. The Kier molecular flexibility index (Phi) is 4.55. The molecule has 0 aromatic carbocycles. The minimum absolute atomic E-state index is 0.299. The molecule has 0 aromatic rings. The third kappa shape index (κ3) is 3.07. The zero-order valence-electron chi connectivity index (χ0n) is 9.45. The first kappa shape index (κ1) is 11.7. The lowest BCUT2D eigenvalue weighted by molar-refractivity contribution is -0.121. The molecular formula is C11H21NO2. The second-order valence-corrected chi connectivity index (χ2v) is 4.17. The van der Waals surface area contributed by atoms with Crippen molar-refractivity contribution in [2.45, 2.75) is 32.8 Å². The fourth-order valence-electron chi connectivity index (χ4n) is 1.91. The number of hydrogen-bond acceptors (Lipinski definition) is 3. The van der Waals surface area contributed by atoms with Gasteiger partial charge in [-0.15, -0.1) is 0 Å². The number of carbonyl (C=O) groups excluding carboxylic acids is 1. The summed E-state index contributed by atoms with van der Waals surface area (Å²) in [5.74, 6) is 0.947. The first-order valence-electron chi connectivity index (χ1n) is 5.44. The molecule has 0 bridgehead atoms. The molecule has 0 spiro atoms. The van der Waals surface area contributed by atoms with E-state index in [1.165, 1.54) is 0 Å². The van der Waals surface area contributed by atoms with Gasteiger partial charge in [-0.05, 0) is 18.9 Å². The Morgan fingerprint density at radius 3 is 2.86 bits per heavy atom. The van der Waals surface area contributed by atoms with Crippen LogP contribution < -0.4 is 0 Å². The van der Waals surface area contributed by atoms with Crippen LogP contribution in [-0.2, 0) is 9.53 Å². The van der Waals surface area contributed by atoms with E-state index >= 15 is 0 Å². The first-order chi connectivity index (χ1) is 6.67. The van der Waals surface area contributed by atoms with E-state index in [4.69, 9.17) is 4.74 Å². The molecule has 0 aliphatic carbocycles. The molecule has 1 rings (SSSR count). The maximum atomic E-state index is 11.3. The van der Waals surface area contributed by atoms with Crippen LogP contribution in [0.5, 0.6) is 0 Å². The molecule has 2 atom stereocenters. The zero-order valence-corrected chi connectivity index (χ0v) is 9.45. The fraction of sp³-hybridized carbons (Fsp3) is 0.909. The third-order valence-electron chi connectivity index (χ3n) is 3.07. The van der Waals surface area contributed by atoms with Gasteiger partial charge in [-0.3, -0.25) is 9.69 Å². The molecule has 3 nitrogen and oxygen atoms in total. The molecule has 1 saturated heterocycles. The number of ketones is 1. The minimum atomic E-state index is 0.299. The Morgan fingerprint density at radius 1 is 1.57 bits per heavy atom. The number of hydrogen-bond donors (Lipinski definition) is 0. The molecule has 0 saturated carbocycles. The van der Waals surface area contributed by atoms with Crippen molar-refractivity contribution >= 4 is 5.78 Å². The minimum Gasteiger partial charge on any atom is -0.380 e. The highest BCUT2D eigenvalue weighted by Crippen LogP contribution is 2.19. The number of Topliss-reactive ketones (excluding diaryl/α,β-unsaturated/α-hetero) is 1. The molecule has 2 unspecified atom stereocenters. The van der Waals surface area contributed by atoms with Crippen LogP contribution in [-0.4, -0.2) is 43.5 Å². The summed E-state index contributed by atoms with van der Waals surface area (Å²) in [5.41, 5.74) is 0. The smallest absolute Gasteiger partial charge is 0.146 e. The van der Waals surface area contributed by atoms with E-state index in [-0.39, 0.29) is 0 Å². The quantitative estimate of drug-likeness (QED) is 0.684. The highest BCUT2D eigenvalue weighted by molar-refractivity contribution is 5.80. The molecule has 0 amide bonds. The zero-order chi connectivity index (χ0) is 10.6.